The van der Waals surface area contributed by atoms with Crippen LogP contribution in [0.2, 0.25) is 0 Å². The fourth-order valence-corrected chi connectivity index (χ4v) is 2.92. The van der Waals surface area contributed by atoms with Crippen LogP contribution < -0.4 is 4.72 Å². The Morgan fingerprint density at radius 3 is 2.29 bits per heavy atom. The van der Waals surface area contributed by atoms with Gasteiger partial charge in [0.15, 0.2) is 0 Å². The summed E-state index contributed by atoms with van der Waals surface area (Å²) in [5, 5.41) is 0. The van der Waals surface area contributed by atoms with Gasteiger partial charge in [0.1, 0.15) is 5.82 Å². The molecule has 0 fully saturated rings. The lowest BCUT2D eigenvalue weighted by Gasteiger charge is -2.23. The first-order valence-electron chi connectivity index (χ1n) is 6.89. The predicted octanol–water partition coefficient (Wildman–Crippen LogP) is 3.57. The number of nitrogens with zero attached hydrogens (tertiary/aromatic N) is 1. The van der Waals surface area contributed by atoms with Gasteiger partial charge in [0.2, 0.25) is 0 Å². The molecule has 1 aromatic heterocycles. The van der Waals surface area contributed by atoms with Gasteiger partial charge in [-0.25, -0.2) is 13.4 Å². The molecule has 1 aromatic carbocycles. The summed E-state index contributed by atoms with van der Waals surface area (Å²) >= 11 is 0. The highest BCUT2D eigenvalue weighted by Gasteiger charge is 2.20. The first-order valence-corrected chi connectivity index (χ1v) is 8.38. The molecular weight excluding hydrogens is 284 g/mol. The first kappa shape index (κ1) is 15.5. The van der Waals surface area contributed by atoms with Crippen LogP contribution in [-0.2, 0) is 15.4 Å². The molecule has 4 nitrogen and oxygen atoms in total. The number of benzene rings is 1. The topological polar surface area (TPSA) is 59.1 Å². The van der Waals surface area contributed by atoms with E-state index in [1.807, 2.05) is 12.1 Å². The molecule has 0 aliphatic carbocycles. The molecule has 0 unspecified atom stereocenters. The van der Waals surface area contributed by atoms with Crippen LogP contribution in [0.3, 0.4) is 0 Å². The minimum Gasteiger partial charge on any atom is -0.263 e. The summed E-state index contributed by atoms with van der Waals surface area (Å²) in [5.41, 5.74) is 1.17. The van der Waals surface area contributed by atoms with Gasteiger partial charge in [0.25, 0.3) is 10.0 Å². The summed E-state index contributed by atoms with van der Waals surface area (Å²) in [7, 11) is -3.59. The normalized spacial score (nSPS) is 12.1. The van der Waals surface area contributed by atoms with Crippen molar-refractivity contribution >= 4 is 15.8 Å². The van der Waals surface area contributed by atoms with Crippen LogP contribution in [0.5, 0.6) is 0 Å². The van der Waals surface area contributed by atoms with Gasteiger partial charge in [-0.2, -0.15) is 0 Å². The van der Waals surface area contributed by atoms with Crippen LogP contribution in [0.1, 0.15) is 32.8 Å². The van der Waals surface area contributed by atoms with Gasteiger partial charge in [0, 0.05) is 6.20 Å². The molecule has 2 rings (SSSR count). The van der Waals surface area contributed by atoms with Gasteiger partial charge in [0.05, 0.1) is 4.90 Å². The molecule has 5 heteroatoms. The molecule has 1 N–H and O–H groups in total. The highest BCUT2D eigenvalue weighted by molar-refractivity contribution is 7.92. The van der Waals surface area contributed by atoms with Crippen molar-refractivity contribution in [2.45, 2.75) is 37.5 Å². The summed E-state index contributed by atoms with van der Waals surface area (Å²) < 4.78 is 27.0. The minimum absolute atomic E-state index is 0.0384. The molecule has 112 valence electrons. The highest BCUT2D eigenvalue weighted by Crippen LogP contribution is 2.27. The molecule has 0 radical (unpaired) electrons. The minimum atomic E-state index is -3.59. The molecule has 21 heavy (non-hydrogen) atoms. The SMILES string of the molecule is CCC(C)(C)c1ccc(S(=O)(=O)Nc2ccccn2)cc1. The van der Waals surface area contributed by atoms with Crippen molar-refractivity contribution in [3.05, 3.63) is 54.2 Å². The summed E-state index contributed by atoms with van der Waals surface area (Å²) in [6, 6.07) is 12.1. The molecule has 0 aliphatic heterocycles. The number of nitrogens with one attached hydrogen (secondary N) is 1. The zero-order valence-electron chi connectivity index (χ0n) is 12.5. The van der Waals surface area contributed by atoms with E-state index >= 15 is 0 Å². The van der Waals surface area contributed by atoms with Gasteiger partial charge in [-0.3, -0.25) is 4.72 Å². The van der Waals surface area contributed by atoms with E-state index in [9.17, 15) is 8.42 Å². The van der Waals surface area contributed by atoms with Crippen LogP contribution >= 0.6 is 0 Å². The summed E-state index contributed by atoms with van der Waals surface area (Å²) in [6.07, 6.45) is 2.54. The van der Waals surface area contributed by atoms with Gasteiger partial charge < -0.3 is 0 Å². The molecule has 0 saturated carbocycles. The number of anilines is 1. The Hall–Kier alpha value is -1.88. The van der Waals surface area contributed by atoms with E-state index in [1.165, 1.54) is 0 Å². The predicted molar refractivity (Wildman–Crippen MR) is 84.8 cm³/mol. The summed E-state index contributed by atoms with van der Waals surface area (Å²) in [6.45, 7) is 6.40. The van der Waals surface area contributed by atoms with Crippen LogP contribution in [0, 0.1) is 0 Å². The van der Waals surface area contributed by atoms with E-state index in [4.69, 9.17) is 0 Å². The van der Waals surface area contributed by atoms with E-state index in [0.717, 1.165) is 12.0 Å². The Morgan fingerprint density at radius 1 is 1.10 bits per heavy atom. The van der Waals surface area contributed by atoms with Crippen molar-refractivity contribution in [1.82, 2.24) is 4.98 Å². The Kier molecular flexibility index (Phi) is 4.32. The summed E-state index contributed by atoms with van der Waals surface area (Å²) in [4.78, 5) is 4.21. The van der Waals surface area contributed by atoms with Gasteiger partial charge in [-0.05, 0) is 41.7 Å². The maximum absolute atomic E-state index is 12.3. The zero-order chi connectivity index (χ0) is 15.5. The lowest BCUT2D eigenvalue weighted by molar-refractivity contribution is 0.506. The van der Waals surface area contributed by atoms with Gasteiger partial charge in [-0.1, -0.05) is 39.0 Å². The standard InChI is InChI=1S/C16H20N2O2S/c1-4-16(2,3)13-8-10-14(11-9-13)21(19,20)18-15-7-5-6-12-17-15/h5-12H,4H2,1-3H3,(H,17,18). The molecule has 0 amide bonds. The molecule has 2 aromatic rings. The zero-order valence-corrected chi connectivity index (χ0v) is 13.3. The third-order valence-electron chi connectivity index (χ3n) is 3.73. The molecule has 0 spiro atoms. The Labute approximate surface area is 126 Å². The molecule has 0 aliphatic rings. The Balaban J connectivity index is 2.26. The quantitative estimate of drug-likeness (QED) is 0.918. The number of hydrogen-bond acceptors (Lipinski definition) is 3. The van der Waals surface area contributed by atoms with E-state index in [-0.39, 0.29) is 10.3 Å². The van der Waals surface area contributed by atoms with Crippen LogP contribution in [0.25, 0.3) is 0 Å². The smallest absolute Gasteiger partial charge is 0.263 e. The molecule has 1 heterocycles. The second-order valence-electron chi connectivity index (χ2n) is 5.58. The second kappa shape index (κ2) is 5.85. The molecule has 0 saturated heterocycles. The maximum Gasteiger partial charge on any atom is 0.263 e. The van der Waals surface area contributed by atoms with Crippen LogP contribution in [0.4, 0.5) is 5.82 Å². The van der Waals surface area contributed by atoms with E-state index in [0.29, 0.717) is 5.82 Å². The number of rotatable bonds is 5. The van der Waals surface area contributed by atoms with Crippen LogP contribution in [0.15, 0.2) is 53.6 Å². The fourth-order valence-electron chi connectivity index (χ4n) is 1.91. The number of sulfonamides is 1. The number of aromatic nitrogens is 1. The van der Waals surface area contributed by atoms with Crippen molar-refractivity contribution in [2.75, 3.05) is 4.72 Å². The lowest BCUT2D eigenvalue weighted by atomic mass is 9.82. The molecular formula is C16H20N2O2S. The van der Waals surface area contributed by atoms with E-state index in [2.05, 4.69) is 30.5 Å². The monoisotopic (exact) mass is 304 g/mol. The molecule has 0 atom stereocenters. The van der Waals surface area contributed by atoms with E-state index in [1.54, 1.807) is 36.5 Å². The van der Waals surface area contributed by atoms with Crippen LogP contribution in [-0.4, -0.2) is 13.4 Å². The van der Waals surface area contributed by atoms with Gasteiger partial charge in [-0.15, -0.1) is 0 Å². The lowest BCUT2D eigenvalue weighted by Crippen LogP contribution is -2.17. The maximum atomic E-state index is 12.3. The largest absolute Gasteiger partial charge is 0.263 e. The first-order chi connectivity index (χ1) is 9.85. The van der Waals surface area contributed by atoms with Gasteiger partial charge >= 0.3 is 0 Å². The summed E-state index contributed by atoms with van der Waals surface area (Å²) in [5.74, 6) is 0.315. The average Bonchev–Trinajstić information content (AvgIpc) is 2.48. The van der Waals surface area contributed by atoms with Crippen molar-refractivity contribution in [2.24, 2.45) is 0 Å². The van der Waals surface area contributed by atoms with Crippen molar-refractivity contribution in [1.29, 1.82) is 0 Å². The van der Waals surface area contributed by atoms with Crippen molar-refractivity contribution in [3.8, 4) is 0 Å². The third kappa shape index (κ3) is 3.61. The average molecular weight is 304 g/mol. The Bertz CT molecular complexity index is 693. The number of hydrogen-bond donors (Lipinski definition) is 1. The van der Waals surface area contributed by atoms with Crippen molar-refractivity contribution in [3.63, 3.8) is 0 Å². The fraction of sp³-hybridized carbons (Fsp3) is 0.312. The second-order valence-corrected chi connectivity index (χ2v) is 7.26. The Morgan fingerprint density at radius 2 is 1.76 bits per heavy atom. The highest BCUT2D eigenvalue weighted by atomic mass is 32.2. The molecule has 0 bridgehead atoms. The number of pyridine rings is 1. The van der Waals surface area contributed by atoms with E-state index < -0.39 is 10.0 Å². The van der Waals surface area contributed by atoms with Crippen molar-refractivity contribution < 1.29 is 8.42 Å². The third-order valence-corrected chi connectivity index (χ3v) is 5.10.